The van der Waals surface area contributed by atoms with Crippen molar-refractivity contribution in [1.29, 1.82) is 0 Å². The summed E-state index contributed by atoms with van der Waals surface area (Å²) in [5.41, 5.74) is -1.91. The van der Waals surface area contributed by atoms with Crippen molar-refractivity contribution >= 4 is 52.3 Å². The highest BCUT2D eigenvalue weighted by Crippen LogP contribution is 2.60. The average Bonchev–Trinajstić information content (AvgIpc) is 3.21. The van der Waals surface area contributed by atoms with Crippen LogP contribution in [-0.4, -0.2) is 31.1 Å². The third-order valence-electron chi connectivity index (χ3n) is 8.19. The number of piperidine rings is 1. The zero-order chi connectivity index (χ0) is 29.8. The van der Waals surface area contributed by atoms with E-state index < -0.39 is 47.3 Å². The Kier molecular flexibility index (Phi) is 7.58. The molecule has 3 aromatic rings. The molecule has 12 heteroatoms. The van der Waals surface area contributed by atoms with Crippen LogP contribution in [0.4, 0.5) is 18.9 Å². The number of carbonyl (C=O) groups is 2. The number of hydrogen-bond donors (Lipinski definition) is 2. The van der Waals surface area contributed by atoms with Gasteiger partial charge in [0.1, 0.15) is 17.3 Å². The first kappa shape index (κ1) is 29.1. The van der Waals surface area contributed by atoms with Gasteiger partial charge in [0, 0.05) is 51.5 Å². The average molecular weight is 640 g/mol. The summed E-state index contributed by atoms with van der Waals surface area (Å²) in [6, 6.07) is 11.6. The predicted molar refractivity (Wildman–Crippen MR) is 152 cm³/mol. The minimum atomic E-state index is -4.78. The lowest BCUT2D eigenvalue weighted by molar-refractivity contribution is -0.140. The lowest BCUT2D eigenvalue weighted by Gasteiger charge is -2.47. The van der Waals surface area contributed by atoms with Crippen LogP contribution < -0.4 is 15.4 Å². The first-order valence-electron chi connectivity index (χ1n) is 13.3. The van der Waals surface area contributed by atoms with E-state index in [2.05, 4.69) is 10.6 Å². The molecule has 2 fully saturated rings. The molecule has 6 rings (SSSR count). The largest absolute Gasteiger partial charge is 0.490 e. The highest BCUT2D eigenvalue weighted by molar-refractivity contribution is 6.31. The van der Waals surface area contributed by atoms with Crippen molar-refractivity contribution in [3.8, 4) is 5.75 Å². The fourth-order valence-corrected chi connectivity index (χ4v) is 6.96. The topological polar surface area (TPSA) is 76.7 Å². The molecule has 0 aromatic heterocycles. The third kappa shape index (κ3) is 5.00. The minimum Gasteiger partial charge on any atom is -0.490 e. The van der Waals surface area contributed by atoms with Gasteiger partial charge in [-0.1, -0.05) is 40.9 Å². The Morgan fingerprint density at radius 3 is 2.24 bits per heavy atom. The SMILES string of the molecule is O=C1C[C@@H](c2cc(Cl)ccc2C(F)(F)F)[C@]2(C(=O)Nc3cc(Cl)ccc32)[C@@H](c2cc(Cl)ccc2OC2CCOCC2)N1. The Morgan fingerprint density at radius 1 is 0.881 bits per heavy atom. The second-order valence-electron chi connectivity index (χ2n) is 10.6. The van der Waals surface area contributed by atoms with Crippen molar-refractivity contribution in [3.05, 3.63) is 91.9 Å². The van der Waals surface area contributed by atoms with Gasteiger partial charge in [-0.05, 0) is 59.7 Å². The first-order valence-corrected chi connectivity index (χ1v) is 14.4. The van der Waals surface area contributed by atoms with Gasteiger partial charge < -0.3 is 20.1 Å². The van der Waals surface area contributed by atoms with E-state index in [0.29, 0.717) is 58.7 Å². The molecular formula is C30H24Cl3F3N2O4. The summed E-state index contributed by atoms with van der Waals surface area (Å²) in [4.78, 5) is 27.7. The highest BCUT2D eigenvalue weighted by atomic mass is 35.5. The third-order valence-corrected chi connectivity index (χ3v) is 8.90. The summed E-state index contributed by atoms with van der Waals surface area (Å²) in [5, 5.41) is 6.40. The molecule has 0 radical (unpaired) electrons. The van der Waals surface area contributed by atoms with Gasteiger partial charge in [-0.2, -0.15) is 13.2 Å². The van der Waals surface area contributed by atoms with Gasteiger partial charge in [-0.25, -0.2) is 0 Å². The maximum Gasteiger partial charge on any atom is 0.416 e. The fourth-order valence-electron chi connectivity index (χ4n) is 6.43. The number of rotatable bonds is 4. The van der Waals surface area contributed by atoms with Gasteiger partial charge in [-0.3, -0.25) is 9.59 Å². The number of anilines is 1. The molecule has 6 nitrogen and oxygen atoms in total. The van der Waals surface area contributed by atoms with E-state index in [-0.39, 0.29) is 16.7 Å². The van der Waals surface area contributed by atoms with Crippen molar-refractivity contribution in [2.24, 2.45) is 0 Å². The first-order chi connectivity index (χ1) is 20.0. The molecular weight excluding hydrogens is 616 g/mol. The summed E-state index contributed by atoms with van der Waals surface area (Å²) in [6.07, 6.45) is -4.17. The Balaban J connectivity index is 1.62. The van der Waals surface area contributed by atoms with Crippen LogP contribution in [-0.2, 0) is 25.9 Å². The van der Waals surface area contributed by atoms with Crippen molar-refractivity contribution in [2.75, 3.05) is 18.5 Å². The number of nitrogens with one attached hydrogen (secondary N) is 2. The van der Waals surface area contributed by atoms with Gasteiger partial charge in [0.2, 0.25) is 11.8 Å². The molecule has 0 aliphatic carbocycles. The van der Waals surface area contributed by atoms with Gasteiger partial charge in [0.25, 0.3) is 0 Å². The second kappa shape index (κ2) is 10.9. The molecule has 0 unspecified atom stereocenters. The molecule has 0 saturated carbocycles. The van der Waals surface area contributed by atoms with Crippen molar-refractivity contribution in [2.45, 2.75) is 48.9 Å². The molecule has 2 saturated heterocycles. The lowest BCUT2D eigenvalue weighted by atomic mass is 9.58. The lowest BCUT2D eigenvalue weighted by Crippen LogP contribution is -2.57. The molecule has 1 spiro atoms. The van der Waals surface area contributed by atoms with E-state index in [9.17, 15) is 22.8 Å². The van der Waals surface area contributed by atoms with Crippen molar-refractivity contribution in [1.82, 2.24) is 5.32 Å². The molecule has 3 heterocycles. The second-order valence-corrected chi connectivity index (χ2v) is 11.9. The fraction of sp³-hybridized carbons (Fsp3) is 0.333. The van der Waals surface area contributed by atoms with Gasteiger partial charge >= 0.3 is 6.18 Å². The molecule has 3 aromatic carbocycles. The Bertz CT molecular complexity index is 1580. The van der Waals surface area contributed by atoms with Gasteiger partial charge in [0.15, 0.2) is 0 Å². The summed E-state index contributed by atoms with van der Waals surface area (Å²) in [5.74, 6) is -2.06. The number of benzene rings is 3. The summed E-state index contributed by atoms with van der Waals surface area (Å²) in [6.45, 7) is 1.01. The molecule has 3 atom stereocenters. The number of amides is 2. The van der Waals surface area contributed by atoms with Crippen LogP contribution >= 0.6 is 34.8 Å². The van der Waals surface area contributed by atoms with E-state index in [4.69, 9.17) is 44.3 Å². The molecule has 0 bridgehead atoms. The number of alkyl halides is 3. The molecule has 42 heavy (non-hydrogen) atoms. The number of hydrogen-bond acceptors (Lipinski definition) is 4. The zero-order valence-electron chi connectivity index (χ0n) is 21.9. The maximum absolute atomic E-state index is 14.4. The molecule has 2 N–H and O–H groups in total. The van der Waals surface area contributed by atoms with E-state index in [0.717, 1.165) is 12.1 Å². The van der Waals surface area contributed by atoms with Crippen molar-refractivity contribution in [3.63, 3.8) is 0 Å². The Hall–Kier alpha value is -2.98. The standard InChI is InChI=1S/C30H24Cl3F3N2O4/c31-15-1-4-21(30(34,35)36)19(11-15)23-14-26(39)38-27(29(23)22-5-2-17(33)13-24(22)37-28(29)40)20-12-16(32)3-6-25(20)42-18-7-9-41-10-8-18/h1-6,11-13,18,23,27H,7-10,14H2,(H,37,40)(H,38,39)/t23-,27+,29-/m0/s1. The van der Waals surface area contributed by atoms with Gasteiger partial charge in [0.05, 0.1) is 24.8 Å². The monoisotopic (exact) mass is 638 g/mol. The molecule has 2 amide bonds. The number of carbonyl (C=O) groups excluding carboxylic acids is 2. The normalized spacial score (nSPS) is 24.3. The Morgan fingerprint density at radius 2 is 1.52 bits per heavy atom. The predicted octanol–water partition coefficient (Wildman–Crippen LogP) is 7.46. The van der Waals surface area contributed by atoms with E-state index in [1.165, 1.54) is 12.1 Å². The van der Waals surface area contributed by atoms with Crippen LogP contribution in [0.15, 0.2) is 54.6 Å². The maximum atomic E-state index is 14.4. The number of fused-ring (bicyclic) bond motifs is 2. The van der Waals surface area contributed by atoms with Crippen LogP contribution in [0.3, 0.4) is 0 Å². The summed E-state index contributed by atoms with van der Waals surface area (Å²) in [7, 11) is 0. The van der Waals surface area contributed by atoms with Crippen LogP contribution in [0, 0.1) is 0 Å². The summed E-state index contributed by atoms with van der Waals surface area (Å²) < 4.78 is 55.1. The van der Waals surface area contributed by atoms with E-state index >= 15 is 0 Å². The van der Waals surface area contributed by atoms with Crippen LogP contribution in [0.25, 0.3) is 0 Å². The number of ether oxygens (including phenoxy) is 2. The van der Waals surface area contributed by atoms with E-state index in [1.54, 1.807) is 30.3 Å². The van der Waals surface area contributed by atoms with Crippen molar-refractivity contribution < 1.29 is 32.2 Å². The van der Waals surface area contributed by atoms with Crippen LogP contribution in [0.2, 0.25) is 15.1 Å². The zero-order valence-corrected chi connectivity index (χ0v) is 24.1. The van der Waals surface area contributed by atoms with Gasteiger partial charge in [-0.15, -0.1) is 0 Å². The van der Waals surface area contributed by atoms with Crippen LogP contribution in [0.1, 0.15) is 53.5 Å². The minimum absolute atomic E-state index is 0.0386. The molecule has 220 valence electrons. The van der Waals surface area contributed by atoms with E-state index in [1.807, 2.05) is 0 Å². The smallest absolute Gasteiger partial charge is 0.416 e. The summed E-state index contributed by atoms with van der Waals surface area (Å²) >= 11 is 19.0. The Labute approximate surface area is 254 Å². The number of halogens is 6. The quantitative estimate of drug-likeness (QED) is 0.311. The molecule has 3 aliphatic rings. The highest BCUT2D eigenvalue weighted by Gasteiger charge is 2.62. The molecule has 3 aliphatic heterocycles. The van der Waals surface area contributed by atoms with Crippen LogP contribution in [0.5, 0.6) is 5.75 Å².